The average Bonchev–Trinajstić information content (AvgIpc) is 3.77. The largest absolute Gasteiger partial charge is 0.335 e. The monoisotopic (exact) mass is 820 g/mol. The van der Waals surface area contributed by atoms with Crippen molar-refractivity contribution in [2.24, 2.45) is 5.92 Å². The molecule has 0 amide bonds. The van der Waals surface area contributed by atoms with Gasteiger partial charge in [0.05, 0.1) is 10.7 Å². The second-order valence-corrected chi connectivity index (χ2v) is 20.0. The van der Waals surface area contributed by atoms with Crippen LogP contribution in [0.25, 0.3) is 16.3 Å². The van der Waals surface area contributed by atoms with Crippen molar-refractivity contribution >= 4 is 45.1 Å². The van der Waals surface area contributed by atoms with Gasteiger partial charge in [-0.3, -0.25) is 0 Å². The molecule has 316 valence electrons. The van der Waals surface area contributed by atoms with Crippen LogP contribution in [0.1, 0.15) is 199 Å². The molecule has 4 heteroatoms. The van der Waals surface area contributed by atoms with E-state index in [2.05, 4.69) is 96.1 Å². The van der Waals surface area contributed by atoms with Crippen LogP contribution >= 0.6 is 23.1 Å². The summed E-state index contributed by atoms with van der Waals surface area (Å²) in [5, 5.41) is 2.87. The molecule has 1 aliphatic heterocycles. The van der Waals surface area contributed by atoms with Crippen LogP contribution in [0.3, 0.4) is 0 Å². The summed E-state index contributed by atoms with van der Waals surface area (Å²) in [6.45, 7) is 6.88. The van der Waals surface area contributed by atoms with Crippen molar-refractivity contribution in [2.75, 3.05) is 11.4 Å². The van der Waals surface area contributed by atoms with Crippen molar-refractivity contribution in [3.05, 3.63) is 93.5 Å². The average molecular weight is 820 g/mol. The lowest BCUT2D eigenvalue weighted by atomic mass is 9.77. The highest BCUT2D eigenvalue weighted by atomic mass is 32.2. The molecule has 2 heterocycles. The predicted octanol–water partition coefficient (Wildman–Crippen LogP) is 17.5. The molecule has 58 heavy (non-hydrogen) atoms. The van der Waals surface area contributed by atoms with Crippen molar-refractivity contribution < 1.29 is 4.57 Å². The molecule has 2 nitrogen and oxygen atoms in total. The Morgan fingerprint density at radius 1 is 0.603 bits per heavy atom. The van der Waals surface area contributed by atoms with Gasteiger partial charge in [-0.05, 0) is 85.4 Å². The minimum Gasteiger partial charge on any atom is -0.335 e. The van der Waals surface area contributed by atoms with Gasteiger partial charge in [0.1, 0.15) is 4.70 Å². The van der Waals surface area contributed by atoms with Crippen molar-refractivity contribution in [3.63, 3.8) is 0 Å². The number of unbranched alkanes of at least 4 members (excludes halogenated alkanes) is 22. The Bertz CT molecular complexity index is 1770. The summed E-state index contributed by atoms with van der Waals surface area (Å²) in [7, 11) is 0. The fourth-order valence-corrected chi connectivity index (χ4v) is 11.9. The van der Waals surface area contributed by atoms with E-state index in [4.69, 9.17) is 0 Å². The number of hydrogen-bond donors (Lipinski definition) is 0. The molecule has 0 saturated heterocycles. The summed E-state index contributed by atoms with van der Waals surface area (Å²) < 4.78 is 4.06. The number of anilines is 1. The molecule has 0 radical (unpaired) electrons. The van der Waals surface area contributed by atoms with E-state index in [1.54, 1.807) is 5.57 Å². The normalized spacial score (nSPS) is 18.0. The number of para-hydroxylation sites is 2. The van der Waals surface area contributed by atoms with E-state index in [9.17, 15) is 0 Å². The standard InChI is InChI=1S/C54H79N2S2/c1-3-5-7-9-11-13-15-17-19-21-23-29-39-55-49-31-25-27-33-51(49)57-53(55)43-45-35-37-47-38-36-46(42-48(47)41-45)44-54-56(50-32-26-28-34-52(50)58-54)40-30-24-22-20-18-16-14-12-10-8-6-4-2/h25-28,31-34,41-44,47H,3-24,29-30,35-40H2,1-2H3/q+1. The van der Waals surface area contributed by atoms with E-state index in [0.717, 1.165) is 13.1 Å². The highest BCUT2D eigenvalue weighted by Gasteiger charge is 2.28. The number of allylic oxidation sites excluding steroid dienone is 6. The molecule has 0 bridgehead atoms. The number of benzene rings is 2. The zero-order valence-electron chi connectivity index (χ0n) is 36.9. The maximum atomic E-state index is 2.64. The number of thioether (sulfide) groups is 1. The third-order valence-corrected chi connectivity index (χ3v) is 15.3. The number of aromatic nitrogens is 1. The summed E-state index contributed by atoms with van der Waals surface area (Å²) in [5.41, 5.74) is 7.43. The molecule has 2 aromatic carbocycles. The van der Waals surface area contributed by atoms with Crippen molar-refractivity contribution in [1.82, 2.24) is 0 Å². The zero-order chi connectivity index (χ0) is 40.0. The van der Waals surface area contributed by atoms with E-state index < -0.39 is 0 Å². The van der Waals surface area contributed by atoms with Gasteiger partial charge in [0.15, 0.2) is 6.54 Å². The second kappa shape index (κ2) is 25.9. The van der Waals surface area contributed by atoms with Gasteiger partial charge in [-0.1, -0.05) is 208 Å². The second-order valence-electron chi connectivity index (χ2n) is 17.9. The van der Waals surface area contributed by atoms with Crippen LogP contribution in [-0.2, 0) is 6.54 Å². The van der Waals surface area contributed by atoms with E-state index in [-0.39, 0.29) is 0 Å². The van der Waals surface area contributed by atoms with Crippen LogP contribution in [0.2, 0.25) is 0 Å². The number of aryl methyl sites for hydroxylation is 1. The molecule has 0 saturated carbocycles. The molecule has 3 aliphatic rings. The lowest BCUT2D eigenvalue weighted by Crippen LogP contribution is -2.35. The summed E-state index contributed by atoms with van der Waals surface area (Å²) in [6, 6.07) is 18.2. The maximum absolute atomic E-state index is 2.64. The Labute approximate surface area is 363 Å². The van der Waals surface area contributed by atoms with Gasteiger partial charge in [0.25, 0.3) is 5.01 Å². The molecule has 3 aromatic rings. The van der Waals surface area contributed by atoms with E-state index in [0.29, 0.717) is 5.92 Å². The smallest absolute Gasteiger partial charge is 0.263 e. The van der Waals surface area contributed by atoms with E-state index in [1.807, 2.05) is 23.1 Å². The van der Waals surface area contributed by atoms with E-state index in [1.165, 1.54) is 222 Å². The quantitative estimate of drug-likeness (QED) is 0.0532. The Morgan fingerprint density at radius 2 is 1.17 bits per heavy atom. The highest BCUT2D eigenvalue weighted by molar-refractivity contribution is 8.03. The van der Waals surface area contributed by atoms with Crippen LogP contribution in [0.15, 0.2) is 93.4 Å². The minimum atomic E-state index is 0.709. The van der Waals surface area contributed by atoms with E-state index >= 15 is 0 Å². The third-order valence-electron chi connectivity index (χ3n) is 13.1. The SMILES string of the molecule is CCCCCCCCCCCCCCN1/C(=C/C2=CC3=C/C(=C/c4sc5ccccc5[n+]4CCCCCCCCCCCCCC)CCC3CC2)Sc2ccccc21. The van der Waals surface area contributed by atoms with Gasteiger partial charge in [-0.15, -0.1) is 0 Å². The Hall–Kier alpha value is -2.56. The summed E-state index contributed by atoms with van der Waals surface area (Å²) in [5.74, 6) is 0.709. The Morgan fingerprint density at radius 3 is 1.84 bits per heavy atom. The van der Waals surface area contributed by atoms with Crippen LogP contribution in [-0.4, -0.2) is 6.54 Å². The fourth-order valence-electron chi connectivity index (χ4n) is 9.56. The number of thiazole rings is 1. The van der Waals surface area contributed by atoms with Crippen LogP contribution < -0.4 is 9.47 Å². The first-order valence-corrected chi connectivity index (χ1v) is 26.2. The Balaban J connectivity index is 1.02. The molecule has 1 aromatic heterocycles. The molecule has 1 atom stereocenters. The summed E-state index contributed by atoms with van der Waals surface area (Å²) >= 11 is 3.98. The fraction of sp³-hybridized carbons (Fsp3) is 0.611. The van der Waals surface area contributed by atoms with Gasteiger partial charge in [-0.25, -0.2) is 0 Å². The van der Waals surface area contributed by atoms with Gasteiger partial charge in [-0.2, -0.15) is 4.57 Å². The van der Waals surface area contributed by atoms with Gasteiger partial charge < -0.3 is 4.90 Å². The van der Waals surface area contributed by atoms with Crippen molar-refractivity contribution in [3.8, 4) is 0 Å². The first kappa shape index (κ1) is 45.0. The molecular formula is C54H79N2S2+. The third kappa shape index (κ3) is 14.3. The number of nitrogens with zero attached hydrogens (tertiary/aromatic N) is 2. The van der Waals surface area contributed by atoms with Crippen molar-refractivity contribution in [2.45, 2.75) is 205 Å². The molecule has 0 N–H and O–H groups in total. The minimum absolute atomic E-state index is 0.709. The lowest BCUT2D eigenvalue weighted by Gasteiger charge is -2.28. The molecule has 0 fully saturated rings. The van der Waals surface area contributed by atoms with Gasteiger partial charge in [0, 0.05) is 30.0 Å². The molecule has 6 rings (SSSR count). The Kier molecular flexibility index (Phi) is 20.1. The van der Waals surface area contributed by atoms with Crippen LogP contribution in [0, 0.1) is 5.92 Å². The van der Waals surface area contributed by atoms with Crippen molar-refractivity contribution in [1.29, 1.82) is 0 Å². The van der Waals surface area contributed by atoms with Crippen LogP contribution in [0.5, 0.6) is 0 Å². The molecule has 2 aliphatic carbocycles. The van der Waals surface area contributed by atoms with Gasteiger partial charge >= 0.3 is 0 Å². The zero-order valence-corrected chi connectivity index (χ0v) is 38.6. The maximum Gasteiger partial charge on any atom is 0.263 e. The lowest BCUT2D eigenvalue weighted by molar-refractivity contribution is -0.669. The van der Waals surface area contributed by atoms with Gasteiger partial charge in [0.2, 0.25) is 5.52 Å². The highest BCUT2D eigenvalue weighted by Crippen LogP contribution is 2.47. The number of fused-ring (bicyclic) bond motifs is 3. The molecule has 1 unspecified atom stereocenters. The number of rotatable bonds is 28. The summed E-state index contributed by atoms with van der Waals surface area (Å²) in [6.07, 6.45) is 48.8. The molecule has 0 spiro atoms. The van der Waals surface area contributed by atoms with Crippen LogP contribution in [0.4, 0.5) is 5.69 Å². The predicted molar refractivity (Wildman–Crippen MR) is 258 cm³/mol. The molecular weight excluding hydrogens is 741 g/mol. The topological polar surface area (TPSA) is 7.12 Å². The number of hydrogen-bond acceptors (Lipinski definition) is 3. The first-order chi connectivity index (χ1) is 28.7. The first-order valence-electron chi connectivity index (χ1n) is 24.5. The summed E-state index contributed by atoms with van der Waals surface area (Å²) in [4.78, 5) is 4.06.